The lowest BCUT2D eigenvalue weighted by molar-refractivity contribution is -0.137. The van der Waals surface area contributed by atoms with E-state index < -0.39 is 5.97 Å². The van der Waals surface area contributed by atoms with Gasteiger partial charge in [0.15, 0.2) is 5.69 Å². The Kier molecular flexibility index (Phi) is 7.25. The molecule has 1 aromatic heterocycles. The summed E-state index contributed by atoms with van der Waals surface area (Å²) in [5.41, 5.74) is 4.98. The highest BCUT2D eigenvalue weighted by Gasteiger charge is 2.12. The molecule has 0 radical (unpaired) electrons. The number of hydrogen-bond acceptors (Lipinski definition) is 5. The van der Waals surface area contributed by atoms with Crippen molar-refractivity contribution in [2.45, 2.75) is 53.0 Å². The molecule has 0 bridgehead atoms. The summed E-state index contributed by atoms with van der Waals surface area (Å²) in [4.78, 5) is 23.2. The van der Waals surface area contributed by atoms with Crippen molar-refractivity contribution in [3.8, 4) is 5.75 Å². The van der Waals surface area contributed by atoms with Crippen LogP contribution in [0, 0.1) is 20.8 Å². The molecule has 0 aliphatic rings. The van der Waals surface area contributed by atoms with Crippen molar-refractivity contribution >= 4 is 17.3 Å². The van der Waals surface area contributed by atoms with Crippen molar-refractivity contribution in [3.63, 3.8) is 0 Å². The van der Waals surface area contributed by atoms with Gasteiger partial charge in [0.25, 0.3) is 5.56 Å². The maximum Gasteiger partial charge on any atom is 0.303 e. The Balaban J connectivity index is 1.75. The molecule has 0 amide bonds. The average Bonchev–Trinajstić information content (AvgIpc) is 2.98. The fourth-order valence-corrected chi connectivity index (χ4v) is 3.71. The molecule has 8 heteroatoms. The fourth-order valence-electron chi connectivity index (χ4n) is 3.71. The number of phenolic OH excluding ortho intramolecular Hbond substituents is 1. The van der Waals surface area contributed by atoms with Crippen LogP contribution >= 0.6 is 0 Å². The third-order valence-electron chi connectivity index (χ3n) is 5.20. The number of benzene rings is 2. The molecule has 0 unspecified atom stereocenters. The minimum Gasteiger partial charge on any atom is -0.505 e. The van der Waals surface area contributed by atoms with Gasteiger partial charge in [0.05, 0.1) is 5.69 Å². The zero-order valence-corrected chi connectivity index (χ0v) is 18.6. The number of carboxylic acid groups (broad SMARTS) is 1. The molecule has 0 saturated heterocycles. The van der Waals surface area contributed by atoms with Crippen molar-refractivity contribution in [2.24, 2.45) is 10.2 Å². The van der Waals surface area contributed by atoms with Crippen LogP contribution in [0.4, 0.5) is 11.4 Å². The summed E-state index contributed by atoms with van der Waals surface area (Å²) < 4.78 is 1.33. The zero-order chi connectivity index (χ0) is 23.3. The number of para-hydroxylation sites is 1. The zero-order valence-electron chi connectivity index (χ0n) is 18.6. The Labute approximate surface area is 186 Å². The first kappa shape index (κ1) is 23.0. The SMILES string of the molecule is Cc1cc(C)cc(CCc2cccc(N=Nc3c(C)[nH]n(CCCC(=O)O)c3=O)c2O)c1. The molecule has 0 aliphatic carbocycles. The van der Waals surface area contributed by atoms with E-state index in [1.165, 1.54) is 21.4 Å². The van der Waals surface area contributed by atoms with E-state index in [4.69, 9.17) is 5.11 Å². The number of aromatic nitrogens is 2. The van der Waals surface area contributed by atoms with E-state index in [1.807, 2.05) is 6.07 Å². The van der Waals surface area contributed by atoms with Crippen LogP contribution in [-0.2, 0) is 24.2 Å². The van der Waals surface area contributed by atoms with Gasteiger partial charge in [-0.15, -0.1) is 10.2 Å². The Morgan fingerprint density at radius 3 is 2.47 bits per heavy atom. The van der Waals surface area contributed by atoms with E-state index in [-0.39, 0.29) is 30.0 Å². The minimum absolute atomic E-state index is 0.0237. The predicted octanol–water partition coefficient (Wildman–Crippen LogP) is 4.87. The molecule has 0 spiro atoms. The summed E-state index contributed by atoms with van der Waals surface area (Å²) in [7, 11) is 0. The Morgan fingerprint density at radius 2 is 1.78 bits per heavy atom. The number of H-pyrrole nitrogens is 1. The van der Waals surface area contributed by atoms with Crippen LogP contribution in [0.3, 0.4) is 0 Å². The second-order valence-corrected chi connectivity index (χ2v) is 8.02. The van der Waals surface area contributed by atoms with E-state index in [0.29, 0.717) is 24.2 Å². The number of nitrogens with zero attached hydrogens (tertiary/aromatic N) is 3. The molecule has 1 heterocycles. The van der Waals surface area contributed by atoms with Crippen molar-refractivity contribution < 1.29 is 15.0 Å². The lowest BCUT2D eigenvalue weighted by Crippen LogP contribution is -2.17. The van der Waals surface area contributed by atoms with Crippen molar-refractivity contribution in [1.29, 1.82) is 0 Å². The van der Waals surface area contributed by atoms with Crippen LogP contribution in [0.15, 0.2) is 51.4 Å². The number of phenols is 1. The first-order valence-electron chi connectivity index (χ1n) is 10.6. The molecule has 0 atom stereocenters. The number of rotatable bonds is 9. The van der Waals surface area contributed by atoms with Crippen LogP contribution < -0.4 is 5.56 Å². The van der Waals surface area contributed by atoms with Gasteiger partial charge in [0.1, 0.15) is 11.4 Å². The standard InChI is InChI=1S/C24H28N4O4/c1-15-12-16(2)14-18(13-15)9-10-19-6-4-7-20(23(19)31)25-26-22-17(3)27-28(24(22)32)11-5-8-21(29)30/h4,6-7,12-14,27,31H,5,8-11H2,1-3H3,(H,29,30). The molecular weight excluding hydrogens is 408 g/mol. The largest absolute Gasteiger partial charge is 0.505 e. The summed E-state index contributed by atoms with van der Waals surface area (Å²) in [6, 6.07) is 11.7. The van der Waals surface area contributed by atoms with Gasteiger partial charge in [-0.25, -0.2) is 0 Å². The fraction of sp³-hybridized carbons (Fsp3) is 0.333. The van der Waals surface area contributed by atoms with Crippen LogP contribution in [0.2, 0.25) is 0 Å². The van der Waals surface area contributed by atoms with E-state index in [2.05, 4.69) is 47.4 Å². The van der Waals surface area contributed by atoms with Crippen LogP contribution in [0.5, 0.6) is 5.75 Å². The number of azo groups is 1. The molecule has 0 aliphatic heterocycles. The van der Waals surface area contributed by atoms with Gasteiger partial charge in [-0.1, -0.05) is 41.5 Å². The summed E-state index contributed by atoms with van der Waals surface area (Å²) in [5, 5.41) is 30.5. The number of carbonyl (C=O) groups is 1. The highest BCUT2D eigenvalue weighted by atomic mass is 16.4. The Hall–Kier alpha value is -3.68. The molecule has 32 heavy (non-hydrogen) atoms. The summed E-state index contributed by atoms with van der Waals surface area (Å²) in [5.74, 6) is -0.857. The second-order valence-electron chi connectivity index (χ2n) is 8.02. The quantitative estimate of drug-likeness (QED) is 0.414. The summed E-state index contributed by atoms with van der Waals surface area (Å²) in [6.45, 7) is 6.08. The Morgan fingerprint density at radius 1 is 1.06 bits per heavy atom. The number of nitrogens with one attached hydrogen (secondary N) is 1. The molecule has 3 N–H and O–H groups in total. The van der Waals surface area contributed by atoms with Gasteiger partial charge < -0.3 is 10.2 Å². The monoisotopic (exact) mass is 436 g/mol. The third kappa shape index (κ3) is 5.72. The van der Waals surface area contributed by atoms with E-state index in [0.717, 1.165) is 12.0 Å². The van der Waals surface area contributed by atoms with Gasteiger partial charge in [-0.05, 0) is 57.2 Å². The molecule has 8 nitrogen and oxygen atoms in total. The molecule has 168 valence electrons. The van der Waals surface area contributed by atoms with Crippen molar-refractivity contribution in [3.05, 3.63) is 74.7 Å². The average molecular weight is 437 g/mol. The number of aromatic hydroxyl groups is 1. The first-order chi connectivity index (χ1) is 15.2. The van der Waals surface area contributed by atoms with Crippen molar-refractivity contribution in [1.82, 2.24) is 9.78 Å². The van der Waals surface area contributed by atoms with Crippen LogP contribution in [-0.4, -0.2) is 26.0 Å². The number of carboxylic acids is 1. The maximum atomic E-state index is 12.5. The van der Waals surface area contributed by atoms with E-state index in [9.17, 15) is 14.7 Å². The molecule has 3 aromatic rings. The molecule has 3 rings (SSSR count). The smallest absolute Gasteiger partial charge is 0.303 e. The van der Waals surface area contributed by atoms with Gasteiger partial charge in [0, 0.05) is 13.0 Å². The first-order valence-corrected chi connectivity index (χ1v) is 10.6. The van der Waals surface area contributed by atoms with E-state index >= 15 is 0 Å². The number of aliphatic carboxylic acids is 1. The van der Waals surface area contributed by atoms with Gasteiger partial charge >= 0.3 is 5.97 Å². The highest BCUT2D eigenvalue weighted by Crippen LogP contribution is 2.32. The van der Waals surface area contributed by atoms with Gasteiger partial charge in [-0.2, -0.15) is 0 Å². The molecular formula is C24H28N4O4. The predicted molar refractivity (Wildman–Crippen MR) is 122 cm³/mol. The van der Waals surface area contributed by atoms with Gasteiger partial charge in [-0.3, -0.25) is 19.4 Å². The van der Waals surface area contributed by atoms with E-state index in [1.54, 1.807) is 19.1 Å². The second kappa shape index (κ2) is 10.1. The minimum atomic E-state index is -0.908. The molecule has 2 aromatic carbocycles. The number of hydrogen-bond donors (Lipinski definition) is 3. The highest BCUT2D eigenvalue weighted by molar-refractivity contribution is 5.66. The number of aryl methyl sites for hydroxylation is 6. The normalized spacial score (nSPS) is 11.3. The molecule has 0 fully saturated rings. The topological polar surface area (TPSA) is 120 Å². The van der Waals surface area contributed by atoms with Crippen molar-refractivity contribution in [2.75, 3.05) is 0 Å². The van der Waals surface area contributed by atoms with Gasteiger partial charge in [0.2, 0.25) is 0 Å². The van der Waals surface area contributed by atoms with Crippen LogP contribution in [0.1, 0.15) is 40.8 Å². The summed E-state index contributed by atoms with van der Waals surface area (Å²) >= 11 is 0. The number of aromatic amines is 1. The summed E-state index contributed by atoms with van der Waals surface area (Å²) in [6.07, 6.45) is 1.74. The Bertz CT molecular complexity index is 1190. The molecule has 0 saturated carbocycles. The third-order valence-corrected chi connectivity index (χ3v) is 5.20. The lowest BCUT2D eigenvalue weighted by Gasteiger charge is -2.08. The lowest BCUT2D eigenvalue weighted by atomic mass is 10.00. The van der Waals surface area contributed by atoms with Crippen LogP contribution in [0.25, 0.3) is 0 Å². The maximum absolute atomic E-state index is 12.5.